The number of anilines is 1. The smallest absolute Gasteiger partial charge is 0.160 e. The van der Waals surface area contributed by atoms with Gasteiger partial charge >= 0.3 is 0 Å². The van der Waals surface area contributed by atoms with Gasteiger partial charge in [-0.25, -0.2) is 0 Å². The highest BCUT2D eigenvalue weighted by Gasteiger charge is 2.25. The number of pyridine rings is 1. The van der Waals surface area contributed by atoms with Gasteiger partial charge in [0, 0.05) is 24.3 Å². The first-order valence-corrected chi connectivity index (χ1v) is 5.53. The van der Waals surface area contributed by atoms with Crippen LogP contribution in [0.2, 0.25) is 0 Å². The highest BCUT2D eigenvalue weighted by atomic mass is 15.3. The van der Waals surface area contributed by atoms with Crippen molar-refractivity contribution in [3.05, 3.63) is 24.2 Å². The molecule has 0 aliphatic carbocycles. The summed E-state index contributed by atoms with van der Waals surface area (Å²) in [5, 5.41) is 8.45. The number of nitrogens with two attached hydrogens (primary N) is 1. The second-order valence-corrected chi connectivity index (χ2v) is 4.50. The van der Waals surface area contributed by atoms with Crippen LogP contribution in [-0.4, -0.2) is 39.6 Å². The molecule has 3 rings (SSSR count). The van der Waals surface area contributed by atoms with Crippen LogP contribution in [0.15, 0.2) is 18.3 Å². The molecule has 0 saturated carbocycles. The Labute approximate surface area is 93.9 Å². The number of hydrogen-bond donors (Lipinski definition) is 1. The maximum absolute atomic E-state index is 5.79. The summed E-state index contributed by atoms with van der Waals surface area (Å²) < 4.78 is 2.01. The summed E-state index contributed by atoms with van der Waals surface area (Å²) in [5.74, 6) is 1.51. The van der Waals surface area contributed by atoms with Crippen molar-refractivity contribution < 1.29 is 0 Å². The largest absolute Gasteiger partial charge is 0.398 e. The highest BCUT2D eigenvalue weighted by Crippen LogP contribution is 2.25. The van der Waals surface area contributed by atoms with Crippen LogP contribution in [0.1, 0.15) is 18.2 Å². The molecule has 0 aromatic carbocycles. The average Bonchev–Trinajstić information content (AvgIpc) is 2.83. The molecule has 16 heavy (non-hydrogen) atoms. The predicted molar refractivity (Wildman–Crippen MR) is 62.3 cm³/mol. The Morgan fingerprint density at radius 1 is 1.38 bits per heavy atom. The lowest BCUT2D eigenvalue weighted by molar-refractivity contribution is 0.409. The van der Waals surface area contributed by atoms with Crippen LogP contribution in [0, 0.1) is 0 Å². The van der Waals surface area contributed by atoms with Crippen molar-refractivity contribution >= 4 is 11.3 Å². The molecular weight excluding hydrogens is 202 g/mol. The average molecular weight is 217 g/mol. The number of likely N-dealkylation sites (N-methyl/N-ethyl adjacent to an activating group) is 1. The molecule has 5 nitrogen and oxygen atoms in total. The Bertz CT molecular complexity index is 518. The molecule has 3 heterocycles. The molecule has 2 aromatic rings. The lowest BCUT2D eigenvalue weighted by atomic mass is 10.1. The van der Waals surface area contributed by atoms with Gasteiger partial charge in [0.1, 0.15) is 5.82 Å². The van der Waals surface area contributed by atoms with E-state index < -0.39 is 0 Å². The van der Waals surface area contributed by atoms with E-state index in [1.165, 1.54) is 0 Å². The zero-order valence-electron chi connectivity index (χ0n) is 9.30. The van der Waals surface area contributed by atoms with E-state index in [-0.39, 0.29) is 0 Å². The van der Waals surface area contributed by atoms with Crippen molar-refractivity contribution in [2.75, 3.05) is 25.9 Å². The van der Waals surface area contributed by atoms with Crippen molar-refractivity contribution in [2.45, 2.75) is 12.3 Å². The molecule has 2 N–H and O–H groups in total. The van der Waals surface area contributed by atoms with E-state index in [2.05, 4.69) is 22.1 Å². The van der Waals surface area contributed by atoms with Crippen LogP contribution in [0.4, 0.5) is 5.69 Å². The van der Waals surface area contributed by atoms with E-state index in [0.717, 1.165) is 36.7 Å². The van der Waals surface area contributed by atoms with Crippen LogP contribution in [0.3, 0.4) is 0 Å². The molecule has 84 valence electrons. The van der Waals surface area contributed by atoms with Crippen molar-refractivity contribution in [1.82, 2.24) is 19.5 Å². The van der Waals surface area contributed by atoms with Gasteiger partial charge in [-0.05, 0) is 32.1 Å². The standard InChI is InChI=1S/C11H15N5/c1-15-5-4-8(6-15)11-14-13-10-3-2-9(12)7-16(10)11/h2-3,7-8H,4-6,12H2,1H3. The molecule has 0 amide bonds. The van der Waals surface area contributed by atoms with E-state index in [0.29, 0.717) is 5.92 Å². The number of fused-ring (bicyclic) bond motifs is 1. The van der Waals surface area contributed by atoms with Crippen LogP contribution in [-0.2, 0) is 0 Å². The zero-order valence-corrected chi connectivity index (χ0v) is 9.30. The van der Waals surface area contributed by atoms with Crippen molar-refractivity contribution in [1.29, 1.82) is 0 Å². The number of hydrogen-bond acceptors (Lipinski definition) is 4. The first-order valence-electron chi connectivity index (χ1n) is 5.53. The van der Waals surface area contributed by atoms with E-state index >= 15 is 0 Å². The Morgan fingerprint density at radius 2 is 2.25 bits per heavy atom. The van der Waals surface area contributed by atoms with Gasteiger partial charge in [-0.1, -0.05) is 0 Å². The van der Waals surface area contributed by atoms with Crippen molar-refractivity contribution in [2.24, 2.45) is 0 Å². The normalized spacial score (nSPS) is 21.9. The van der Waals surface area contributed by atoms with Gasteiger partial charge in [-0.2, -0.15) is 0 Å². The zero-order chi connectivity index (χ0) is 11.1. The third kappa shape index (κ3) is 1.44. The summed E-state index contributed by atoms with van der Waals surface area (Å²) >= 11 is 0. The molecule has 5 heteroatoms. The minimum absolute atomic E-state index is 0.474. The SMILES string of the molecule is CN1CCC(c2nnc3ccc(N)cn23)C1. The Morgan fingerprint density at radius 3 is 3.00 bits per heavy atom. The summed E-state index contributed by atoms with van der Waals surface area (Å²) in [6, 6.07) is 3.76. The summed E-state index contributed by atoms with van der Waals surface area (Å²) in [7, 11) is 2.14. The monoisotopic (exact) mass is 217 g/mol. The van der Waals surface area contributed by atoms with Crippen LogP contribution in [0.5, 0.6) is 0 Å². The van der Waals surface area contributed by atoms with Crippen LogP contribution >= 0.6 is 0 Å². The van der Waals surface area contributed by atoms with E-state index in [1.54, 1.807) is 0 Å². The second kappa shape index (κ2) is 3.45. The van der Waals surface area contributed by atoms with Gasteiger partial charge in [0.25, 0.3) is 0 Å². The molecule has 1 aliphatic heterocycles. The van der Waals surface area contributed by atoms with Gasteiger partial charge < -0.3 is 10.6 Å². The molecule has 1 aliphatic rings. The Balaban J connectivity index is 2.06. The predicted octanol–water partition coefficient (Wildman–Crippen LogP) is 0.731. The van der Waals surface area contributed by atoms with Crippen molar-refractivity contribution in [3.8, 4) is 0 Å². The third-order valence-electron chi connectivity index (χ3n) is 3.21. The summed E-state index contributed by atoms with van der Waals surface area (Å²) in [6.45, 7) is 2.18. The number of nitrogens with zero attached hydrogens (tertiary/aromatic N) is 4. The van der Waals surface area contributed by atoms with Gasteiger partial charge in [0.05, 0.1) is 0 Å². The maximum Gasteiger partial charge on any atom is 0.160 e. The van der Waals surface area contributed by atoms with E-state index in [1.807, 2.05) is 22.7 Å². The minimum atomic E-state index is 0.474. The van der Waals surface area contributed by atoms with Gasteiger partial charge in [-0.3, -0.25) is 4.40 Å². The quantitative estimate of drug-likeness (QED) is 0.765. The number of likely N-dealkylation sites (tertiary alicyclic amines) is 1. The van der Waals surface area contributed by atoms with E-state index in [4.69, 9.17) is 5.73 Å². The molecule has 1 unspecified atom stereocenters. The van der Waals surface area contributed by atoms with Crippen molar-refractivity contribution in [3.63, 3.8) is 0 Å². The molecule has 0 radical (unpaired) electrons. The molecule has 2 aromatic heterocycles. The lowest BCUT2D eigenvalue weighted by Gasteiger charge is -2.08. The topological polar surface area (TPSA) is 59.5 Å². The summed E-state index contributed by atoms with van der Waals surface area (Å²) in [6.07, 6.45) is 3.05. The van der Waals surface area contributed by atoms with Gasteiger partial charge in [0.15, 0.2) is 5.65 Å². The maximum atomic E-state index is 5.79. The fourth-order valence-electron chi connectivity index (χ4n) is 2.35. The number of rotatable bonds is 1. The summed E-state index contributed by atoms with van der Waals surface area (Å²) in [4.78, 5) is 2.32. The fraction of sp³-hybridized carbons (Fsp3) is 0.455. The van der Waals surface area contributed by atoms with E-state index in [9.17, 15) is 0 Å². The Kier molecular flexibility index (Phi) is 2.07. The molecule has 1 saturated heterocycles. The molecule has 1 atom stereocenters. The lowest BCUT2D eigenvalue weighted by Crippen LogP contribution is -2.14. The summed E-state index contributed by atoms with van der Waals surface area (Å²) in [5.41, 5.74) is 7.41. The van der Waals surface area contributed by atoms with Gasteiger partial charge in [0.2, 0.25) is 0 Å². The first-order chi connectivity index (χ1) is 7.74. The molecule has 0 bridgehead atoms. The third-order valence-corrected chi connectivity index (χ3v) is 3.21. The van der Waals surface area contributed by atoms with Crippen LogP contribution in [0.25, 0.3) is 5.65 Å². The number of nitrogen functional groups attached to an aromatic ring is 1. The fourth-order valence-corrected chi connectivity index (χ4v) is 2.35. The van der Waals surface area contributed by atoms with Crippen LogP contribution < -0.4 is 5.73 Å². The molecule has 1 fully saturated rings. The minimum Gasteiger partial charge on any atom is -0.398 e. The second-order valence-electron chi connectivity index (χ2n) is 4.50. The molecule has 0 spiro atoms. The first kappa shape index (κ1) is 9.59. The molecular formula is C11H15N5. The Hall–Kier alpha value is -1.62. The number of aromatic nitrogens is 3. The van der Waals surface area contributed by atoms with Gasteiger partial charge in [-0.15, -0.1) is 10.2 Å². The highest BCUT2D eigenvalue weighted by molar-refractivity contribution is 5.47.